The molecule has 2 rings (SSSR count). The maximum Gasteiger partial charge on any atom is 0.408 e. The first-order valence-electron chi connectivity index (χ1n) is 8.82. The third-order valence-corrected chi connectivity index (χ3v) is 4.56. The van der Waals surface area contributed by atoms with Crippen molar-refractivity contribution in [2.24, 2.45) is 0 Å². The van der Waals surface area contributed by atoms with Crippen molar-refractivity contribution in [1.29, 1.82) is 0 Å². The van der Waals surface area contributed by atoms with Gasteiger partial charge in [-0.15, -0.1) is 6.58 Å². The number of benzene rings is 1. The zero-order chi connectivity index (χ0) is 18.4. The van der Waals surface area contributed by atoms with Crippen LogP contribution in [-0.4, -0.2) is 35.0 Å². The van der Waals surface area contributed by atoms with Gasteiger partial charge < -0.3 is 15.0 Å². The molecule has 0 aliphatic carbocycles. The molecule has 2 amide bonds. The zero-order valence-corrected chi connectivity index (χ0v) is 15.3. The van der Waals surface area contributed by atoms with Crippen LogP contribution in [0.5, 0.6) is 0 Å². The second-order valence-electron chi connectivity index (χ2n) is 6.94. The number of nitrogens with one attached hydrogen (secondary N) is 1. The highest BCUT2D eigenvalue weighted by Crippen LogP contribution is 2.25. The lowest BCUT2D eigenvalue weighted by molar-refractivity contribution is -0.135. The van der Waals surface area contributed by atoms with Crippen molar-refractivity contribution >= 4 is 12.0 Å². The quantitative estimate of drug-likeness (QED) is 0.802. The predicted octanol–water partition coefficient (Wildman–Crippen LogP) is 3.65. The molecule has 1 fully saturated rings. The van der Waals surface area contributed by atoms with Gasteiger partial charge in [0.05, 0.1) is 0 Å². The van der Waals surface area contributed by atoms with Crippen molar-refractivity contribution < 1.29 is 14.3 Å². The van der Waals surface area contributed by atoms with E-state index < -0.39 is 12.1 Å². The minimum absolute atomic E-state index is 0.0582. The van der Waals surface area contributed by atoms with Gasteiger partial charge in [0.15, 0.2) is 0 Å². The van der Waals surface area contributed by atoms with Gasteiger partial charge in [0.25, 0.3) is 0 Å². The Hall–Kier alpha value is -2.30. The van der Waals surface area contributed by atoms with Crippen LogP contribution in [0.3, 0.4) is 0 Å². The molecule has 1 aliphatic heterocycles. The van der Waals surface area contributed by atoms with E-state index in [-0.39, 0.29) is 24.6 Å². The van der Waals surface area contributed by atoms with Gasteiger partial charge in [-0.05, 0) is 45.6 Å². The van der Waals surface area contributed by atoms with E-state index in [0.29, 0.717) is 6.42 Å². The number of hydrogen-bond acceptors (Lipinski definition) is 3. The van der Waals surface area contributed by atoms with E-state index in [1.807, 2.05) is 56.0 Å². The molecule has 1 aliphatic rings. The molecule has 1 aromatic carbocycles. The highest BCUT2D eigenvalue weighted by atomic mass is 16.5. The van der Waals surface area contributed by atoms with Gasteiger partial charge in [-0.25, -0.2) is 4.79 Å². The zero-order valence-electron chi connectivity index (χ0n) is 15.3. The molecule has 1 heterocycles. The van der Waals surface area contributed by atoms with Gasteiger partial charge in [-0.3, -0.25) is 4.79 Å². The summed E-state index contributed by atoms with van der Waals surface area (Å²) in [4.78, 5) is 27.0. The second-order valence-corrected chi connectivity index (χ2v) is 6.94. The summed E-state index contributed by atoms with van der Waals surface area (Å²) in [5, 5.41) is 2.72. The molecule has 136 valence electrons. The van der Waals surface area contributed by atoms with E-state index in [1.54, 1.807) is 0 Å². The summed E-state index contributed by atoms with van der Waals surface area (Å²) in [6.07, 6.45) is 1.81. The van der Waals surface area contributed by atoms with Crippen LogP contribution in [0.1, 0.15) is 45.6 Å². The summed E-state index contributed by atoms with van der Waals surface area (Å²) >= 11 is 0. The molecule has 0 spiro atoms. The van der Waals surface area contributed by atoms with E-state index >= 15 is 0 Å². The van der Waals surface area contributed by atoms with Crippen LogP contribution in [0.4, 0.5) is 4.79 Å². The van der Waals surface area contributed by atoms with Crippen molar-refractivity contribution in [2.75, 3.05) is 0 Å². The van der Waals surface area contributed by atoms with Crippen LogP contribution < -0.4 is 5.32 Å². The number of rotatable bonds is 6. The fraction of sp³-hybridized carbons (Fsp3) is 0.500. The lowest BCUT2D eigenvalue weighted by Gasteiger charge is -2.30. The Bertz CT molecular complexity index is 605. The van der Waals surface area contributed by atoms with Crippen molar-refractivity contribution in [3.05, 3.63) is 48.0 Å². The van der Waals surface area contributed by atoms with Gasteiger partial charge in [0, 0.05) is 12.1 Å². The monoisotopic (exact) mass is 344 g/mol. The molecule has 0 saturated carbocycles. The first-order valence-corrected chi connectivity index (χ1v) is 8.82. The van der Waals surface area contributed by atoms with Gasteiger partial charge in [0.1, 0.15) is 12.6 Å². The molecule has 25 heavy (non-hydrogen) atoms. The van der Waals surface area contributed by atoms with Gasteiger partial charge in [-0.1, -0.05) is 35.9 Å². The summed E-state index contributed by atoms with van der Waals surface area (Å²) in [6.45, 7) is 10.0. The highest BCUT2D eigenvalue weighted by molar-refractivity contribution is 5.86. The third-order valence-electron chi connectivity index (χ3n) is 4.56. The number of hydrogen-bond donors (Lipinski definition) is 1. The van der Waals surface area contributed by atoms with Crippen LogP contribution in [0, 0.1) is 0 Å². The van der Waals surface area contributed by atoms with Gasteiger partial charge in [-0.2, -0.15) is 0 Å². The largest absolute Gasteiger partial charge is 0.445 e. The molecule has 1 saturated heterocycles. The summed E-state index contributed by atoms with van der Waals surface area (Å²) in [5.41, 5.74) is 1.75. The lowest BCUT2D eigenvalue weighted by Crippen LogP contribution is -2.51. The van der Waals surface area contributed by atoms with E-state index in [4.69, 9.17) is 4.74 Å². The topological polar surface area (TPSA) is 58.6 Å². The van der Waals surface area contributed by atoms with E-state index in [2.05, 4.69) is 11.9 Å². The van der Waals surface area contributed by atoms with Crippen LogP contribution in [0.2, 0.25) is 0 Å². The Morgan fingerprint density at radius 1 is 1.24 bits per heavy atom. The maximum absolute atomic E-state index is 12.9. The SMILES string of the molecule is C=C(C)C[C@@H](NC(=O)OCc1ccccc1)C(=O)N1[C@H](C)CC[C@H]1C. The van der Waals surface area contributed by atoms with Crippen molar-refractivity contribution in [3.8, 4) is 0 Å². The minimum atomic E-state index is -0.635. The van der Waals surface area contributed by atoms with Crippen LogP contribution >= 0.6 is 0 Å². The molecule has 1 N–H and O–H groups in total. The van der Waals surface area contributed by atoms with Gasteiger partial charge >= 0.3 is 6.09 Å². The molecular weight excluding hydrogens is 316 g/mol. The Morgan fingerprint density at radius 2 is 1.84 bits per heavy atom. The second kappa shape index (κ2) is 8.70. The number of alkyl carbamates (subject to hydrolysis) is 1. The molecule has 5 nitrogen and oxygen atoms in total. The van der Waals surface area contributed by atoms with E-state index in [9.17, 15) is 9.59 Å². The molecular formula is C20H28N2O3. The Labute approximate surface area is 150 Å². The molecule has 1 aromatic rings. The smallest absolute Gasteiger partial charge is 0.408 e. The standard InChI is InChI=1S/C20H28N2O3/c1-14(2)12-18(19(23)22-15(3)10-11-16(22)4)21-20(24)25-13-17-8-6-5-7-9-17/h5-9,15-16,18H,1,10-13H2,2-4H3,(H,21,24)/t15-,16-,18-/m1/s1. The average molecular weight is 344 g/mol. The van der Waals surface area contributed by atoms with Crippen LogP contribution in [0.15, 0.2) is 42.5 Å². The Morgan fingerprint density at radius 3 is 2.40 bits per heavy atom. The number of likely N-dealkylation sites (tertiary alicyclic amines) is 1. The average Bonchev–Trinajstić information content (AvgIpc) is 2.91. The number of amides is 2. The molecule has 5 heteroatoms. The maximum atomic E-state index is 12.9. The molecule has 0 aromatic heterocycles. The fourth-order valence-corrected chi connectivity index (χ4v) is 3.26. The number of carbonyl (C=O) groups excluding carboxylic acids is 2. The molecule has 3 atom stereocenters. The van der Waals surface area contributed by atoms with Crippen molar-refractivity contribution in [3.63, 3.8) is 0 Å². The highest BCUT2D eigenvalue weighted by Gasteiger charge is 2.36. The fourth-order valence-electron chi connectivity index (χ4n) is 3.26. The number of ether oxygens (including phenoxy) is 1. The summed E-state index contributed by atoms with van der Waals surface area (Å²) in [5.74, 6) is -0.0582. The summed E-state index contributed by atoms with van der Waals surface area (Å²) in [6, 6.07) is 9.21. The normalized spacial score (nSPS) is 20.8. The van der Waals surface area contributed by atoms with Gasteiger partial charge in [0.2, 0.25) is 5.91 Å². The predicted molar refractivity (Wildman–Crippen MR) is 98.0 cm³/mol. The first kappa shape index (κ1) is 19.0. The molecule has 0 bridgehead atoms. The van der Waals surface area contributed by atoms with E-state index in [0.717, 1.165) is 24.0 Å². The molecule has 0 unspecified atom stereocenters. The van der Waals surface area contributed by atoms with E-state index in [1.165, 1.54) is 0 Å². The Kier molecular flexibility index (Phi) is 6.62. The van der Waals surface area contributed by atoms with Crippen LogP contribution in [0.25, 0.3) is 0 Å². The minimum Gasteiger partial charge on any atom is -0.445 e. The molecule has 0 radical (unpaired) electrons. The number of nitrogens with zero attached hydrogens (tertiary/aromatic N) is 1. The summed E-state index contributed by atoms with van der Waals surface area (Å²) in [7, 11) is 0. The summed E-state index contributed by atoms with van der Waals surface area (Å²) < 4.78 is 5.26. The van der Waals surface area contributed by atoms with Crippen LogP contribution in [-0.2, 0) is 16.1 Å². The lowest BCUT2D eigenvalue weighted by atomic mass is 10.1. The van der Waals surface area contributed by atoms with Crippen molar-refractivity contribution in [2.45, 2.75) is 64.8 Å². The Balaban J connectivity index is 1.98. The number of carbonyl (C=O) groups is 2. The van der Waals surface area contributed by atoms with Crippen molar-refractivity contribution in [1.82, 2.24) is 10.2 Å². The third kappa shape index (κ3) is 5.34. The first-order chi connectivity index (χ1) is 11.9.